The minimum atomic E-state index is -4.62. The van der Waals surface area contributed by atoms with Crippen molar-refractivity contribution < 1.29 is 38.9 Å². The maximum Gasteiger partial charge on any atom is 0.296 e. The topological polar surface area (TPSA) is 245 Å². The molecule has 4 rings (SSSR count). The standard InChI is InChI=1S/C11H12N4O3S.C6H7NO6S2/c1-6-10(12)11-13-9-3-2-8(19(16,17)18)4-7(9)5-15(11)14-6;7-5-2-1-4(14(8,9)10)3-6(5)15(11,12)13/h2-4,13H,5,12H2,1H3,(H,16,17,18);1-3H,7H2,(H,8,9,10)(H,11,12,13). The summed E-state index contributed by atoms with van der Waals surface area (Å²) in [4.78, 5) is -1.56. The molecule has 0 unspecified atom stereocenters. The minimum absolute atomic E-state index is 0.131. The molecule has 17 heteroatoms. The van der Waals surface area contributed by atoms with E-state index in [1.165, 1.54) is 12.1 Å². The predicted octanol–water partition coefficient (Wildman–Crippen LogP) is 0.888. The highest BCUT2D eigenvalue weighted by Gasteiger charge is 2.22. The van der Waals surface area contributed by atoms with Crippen LogP contribution in [-0.2, 0) is 36.9 Å². The number of rotatable bonds is 3. The van der Waals surface area contributed by atoms with Crippen LogP contribution in [0.1, 0.15) is 11.3 Å². The van der Waals surface area contributed by atoms with Crippen LogP contribution in [0.3, 0.4) is 0 Å². The van der Waals surface area contributed by atoms with Crippen molar-refractivity contribution in [1.29, 1.82) is 0 Å². The Morgan fingerprint density at radius 3 is 2.00 bits per heavy atom. The predicted molar refractivity (Wildman–Crippen MR) is 121 cm³/mol. The fourth-order valence-electron chi connectivity index (χ4n) is 3.01. The van der Waals surface area contributed by atoms with Crippen molar-refractivity contribution in [2.45, 2.75) is 28.2 Å². The Hall–Kier alpha value is -3.22. The molecule has 0 saturated heterocycles. The van der Waals surface area contributed by atoms with Crippen LogP contribution in [0.5, 0.6) is 0 Å². The fourth-order valence-corrected chi connectivity index (χ4v) is 4.77. The lowest BCUT2D eigenvalue weighted by atomic mass is 10.1. The van der Waals surface area contributed by atoms with E-state index in [1.807, 2.05) is 0 Å². The average Bonchev–Trinajstić information content (AvgIpc) is 2.97. The van der Waals surface area contributed by atoms with Crippen molar-refractivity contribution in [2.75, 3.05) is 16.8 Å². The summed E-state index contributed by atoms with van der Waals surface area (Å²) in [6, 6.07) is 6.80. The van der Waals surface area contributed by atoms with Crippen molar-refractivity contribution in [3.63, 3.8) is 0 Å². The molecule has 0 fully saturated rings. The summed E-state index contributed by atoms with van der Waals surface area (Å²) in [5.74, 6) is 0.699. The first-order valence-corrected chi connectivity index (χ1v) is 13.4. The molecule has 14 nitrogen and oxygen atoms in total. The van der Waals surface area contributed by atoms with Gasteiger partial charge in [-0.2, -0.15) is 30.4 Å². The molecule has 1 aliphatic rings. The summed E-state index contributed by atoms with van der Waals surface area (Å²) in [6.07, 6.45) is 0. The van der Waals surface area contributed by atoms with E-state index in [1.54, 1.807) is 17.7 Å². The fraction of sp³-hybridized carbons (Fsp3) is 0.118. The van der Waals surface area contributed by atoms with Crippen LogP contribution in [0.25, 0.3) is 0 Å². The molecule has 0 spiro atoms. The Morgan fingerprint density at radius 1 is 0.882 bits per heavy atom. The minimum Gasteiger partial charge on any atom is -0.398 e. The molecule has 3 aromatic rings. The van der Waals surface area contributed by atoms with E-state index >= 15 is 0 Å². The molecule has 1 aliphatic heterocycles. The zero-order chi connectivity index (χ0) is 25.6. The second kappa shape index (κ2) is 8.53. The molecule has 2 heterocycles. The van der Waals surface area contributed by atoms with E-state index in [2.05, 4.69) is 10.4 Å². The smallest absolute Gasteiger partial charge is 0.296 e. The monoisotopic (exact) mass is 533 g/mol. The van der Waals surface area contributed by atoms with Gasteiger partial charge in [-0.1, -0.05) is 0 Å². The molecule has 0 bridgehead atoms. The second-order valence-corrected chi connectivity index (χ2v) is 11.3. The van der Waals surface area contributed by atoms with Crippen molar-refractivity contribution in [3.8, 4) is 0 Å². The van der Waals surface area contributed by atoms with E-state index in [0.29, 0.717) is 29.8 Å². The highest BCUT2D eigenvalue weighted by Crippen LogP contribution is 2.34. The lowest BCUT2D eigenvalue weighted by Gasteiger charge is -2.20. The Balaban J connectivity index is 0.000000197. The number of nitrogen functional groups attached to an aromatic ring is 2. The Kier molecular flexibility index (Phi) is 6.37. The number of hydrogen-bond donors (Lipinski definition) is 6. The first-order chi connectivity index (χ1) is 15.5. The van der Waals surface area contributed by atoms with Crippen molar-refractivity contribution in [1.82, 2.24) is 9.78 Å². The molecule has 0 radical (unpaired) electrons. The zero-order valence-electron chi connectivity index (χ0n) is 17.2. The van der Waals surface area contributed by atoms with Crippen LogP contribution in [0.2, 0.25) is 0 Å². The number of benzene rings is 2. The van der Waals surface area contributed by atoms with Gasteiger partial charge in [0.2, 0.25) is 0 Å². The molecule has 2 aromatic carbocycles. The molecule has 0 atom stereocenters. The summed E-state index contributed by atoms with van der Waals surface area (Å²) in [5, 5.41) is 7.37. The van der Waals surface area contributed by atoms with Gasteiger partial charge >= 0.3 is 0 Å². The molecule has 0 aliphatic carbocycles. The van der Waals surface area contributed by atoms with Gasteiger partial charge < -0.3 is 16.8 Å². The molecule has 0 saturated carbocycles. The largest absolute Gasteiger partial charge is 0.398 e. The summed E-state index contributed by atoms with van der Waals surface area (Å²) in [7, 11) is -13.3. The summed E-state index contributed by atoms with van der Waals surface area (Å²) < 4.78 is 93.0. The number of hydrogen-bond acceptors (Lipinski definition) is 10. The van der Waals surface area contributed by atoms with Gasteiger partial charge in [0, 0.05) is 5.69 Å². The normalized spacial score (nSPS) is 13.2. The molecule has 1 aromatic heterocycles. The number of nitrogens with zero attached hydrogens (tertiary/aromatic N) is 2. The van der Waals surface area contributed by atoms with Gasteiger partial charge in [-0.3, -0.25) is 13.7 Å². The van der Waals surface area contributed by atoms with Gasteiger partial charge in [0.05, 0.1) is 33.4 Å². The van der Waals surface area contributed by atoms with Gasteiger partial charge in [0.15, 0.2) is 5.82 Å². The Morgan fingerprint density at radius 2 is 1.44 bits per heavy atom. The van der Waals surface area contributed by atoms with Crippen LogP contribution < -0.4 is 16.8 Å². The van der Waals surface area contributed by atoms with Crippen LogP contribution in [0.15, 0.2) is 51.1 Å². The van der Waals surface area contributed by atoms with E-state index in [0.717, 1.165) is 23.4 Å². The van der Waals surface area contributed by atoms with Crippen molar-refractivity contribution in [2.24, 2.45) is 0 Å². The SMILES string of the molecule is Cc1nn2c(c1N)Nc1ccc(S(=O)(=O)O)cc1C2.Nc1ccc(S(=O)(=O)O)cc1S(=O)(=O)O. The number of nitrogens with two attached hydrogens (primary N) is 2. The lowest BCUT2D eigenvalue weighted by Crippen LogP contribution is -2.15. The van der Waals surface area contributed by atoms with Crippen molar-refractivity contribution in [3.05, 3.63) is 47.7 Å². The van der Waals surface area contributed by atoms with Gasteiger partial charge in [-0.15, -0.1) is 0 Å². The average molecular weight is 534 g/mol. The quantitative estimate of drug-likeness (QED) is 0.158. The first kappa shape index (κ1) is 25.4. The van der Waals surface area contributed by atoms with Gasteiger partial charge in [-0.25, -0.2) is 4.68 Å². The molecule has 184 valence electrons. The third-order valence-electron chi connectivity index (χ3n) is 4.68. The molecule has 0 amide bonds. The Labute approximate surface area is 194 Å². The molecule has 34 heavy (non-hydrogen) atoms. The van der Waals surface area contributed by atoms with Crippen molar-refractivity contribution >= 4 is 53.2 Å². The number of fused-ring (bicyclic) bond motifs is 2. The second-order valence-electron chi connectivity index (χ2n) is 7.07. The van der Waals surface area contributed by atoms with Crippen LogP contribution >= 0.6 is 0 Å². The molecular weight excluding hydrogens is 514 g/mol. The Bertz CT molecular complexity index is 1610. The van der Waals surface area contributed by atoms with Crippen LogP contribution in [0.4, 0.5) is 22.9 Å². The van der Waals surface area contributed by atoms with Gasteiger partial charge in [0.25, 0.3) is 30.4 Å². The first-order valence-electron chi connectivity index (χ1n) is 9.03. The third-order valence-corrected chi connectivity index (χ3v) is 7.29. The number of nitrogens with one attached hydrogen (secondary N) is 1. The highest BCUT2D eigenvalue weighted by molar-refractivity contribution is 7.86. The van der Waals surface area contributed by atoms with Gasteiger partial charge in [-0.05, 0) is 48.9 Å². The maximum absolute atomic E-state index is 11.1. The number of anilines is 4. The zero-order valence-corrected chi connectivity index (χ0v) is 19.7. The third kappa shape index (κ3) is 5.29. The maximum atomic E-state index is 11.1. The molecular formula is C17H19N5O9S3. The summed E-state index contributed by atoms with van der Waals surface area (Å²) >= 11 is 0. The van der Waals surface area contributed by atoms with E-state index < -0.39 is 40.1 Å². The van der Waals surface area contributed by atoms with E-state index in [-0.39, 0.29) is 10.6 Å². The van der Waals surface area contributed by atoms with Crippen LogP contribution in [-0.4, -0.2) is 48.7 Å². The summed E-state index contributed by atoms with van der Waals surface area (Å²) in [5.41, 5.74) is 13.6. The van der Waals surface area contributed by atoms with E-state index in [4.69, 9.17) is 25.1 Å². The highest BCUT2D eigenvalue weighted by atomic mass is 32.2. The number of aromatic nitrogens is 2. The van der Waals surface area contributed by atoms with E-state index in [9.17, 15) is 25.3 Å². The number of aryl methyl sites for hydroxylation is 1. The molecule has 8 N–H and O–H groups in total. The van der Waals surface area contributed by atoms with Crippen LogP contribution in [0, 0.1) is 6.92 Å². The van der Waals surface area contributed by atoms with Gasteiger partial charge in [0.1, 0.15) is 4.90 Å². The lowest BCUT2D eigenvalue weighted by molar-refractivity contribution is 0.479. The summed E-state index contributed by atoms with van der Waals surface area (Å²) in [6.45, 7) is 2.20.